The molecule has 0 radical (unpaired) electrons. The zero-order valence-electron chi connectivity index (χ0n) is 29.6. The Morgan fingerprint density at radius 3 is 1.06 bits per heavy atom. The highest BCUT2D eigenvalue weighted by atomic mass is 16.5. The van der Waals surface area contributed by atoms with Crippen molar-refractivity contribution in [3.05, 3.63) is 94.0 Å². The summed E-state index contributed by atoms with van der Waals surface area (Å²) in [5.41, 5.74) is 5.28. The molecular weight excluding hydrogens is 592 g/mol. The van der Waals surface area contributed by atoms with Gasteiger partial charge in [0.2, 0.25) is 0 Å². The van der Waals surface area contributed by atoms with Crippen molar-refractivity contribution >= 4 is 36.9 Å². The monoisotopic (exact) mass is 650 g/mol. The number of ether oxygens (including phenoxy) is 2. The number of hydrogen-bond acceptors (Lipinski definition) is 4. The molecule has 0 heterocycles. The largest absolute Gasteiger partial charge is 0.493 e. The first-order valence-electron chi connectivity index (χ1n) is 18.6. The van der Waals surface area contributed by atoms with Crippen molar-refractivity contribution in [2.24, 2.45) is 0 Å². The molecule has 4 heteroatoms. The normalized spacial score (nSPS) is 11.4. The molecule has 0 aromatic heterocycles. The van der Waals surface area contributed by atoms with E-state index in [1.807, 2.05) is 48.5 Å². The van der Waals surface area contributed by atoms with E-state index in [0.29, 0.717) is 24.3 Å². The summed E-state index contributed by atoms with van der Waals surface area (Å²) in [6.07, 6.45) is 30.0. The van der Waals surface area contributed by atoms with E-state index < -0.39 is 0 Å². The van der Waals surface area contributed by atoms with Crippen molar-refractivity contribution in [3.8, 4) is 11.5 Å². The first-order chi connectivity index (χ1) is 23.7. The molecule has 0 aliphatic carbocycles. The Kier molecular flexibility index (Phi) is 19.5. The topological polar surface area (TPSA) is 52.6 Å². The van der Waals surface area contributed by atoms with Gasteiger partial charge in [-0.3, -0.25) is 9.59 Å². The lowest BCUT2D eigenvalue weighted by Crippen LogP contribution is -2.03. The minimum absolute atomic E-state index is 0.662. The number of rotatable bonds is 26. The molecule has 0 unspecified atom stereocenters. The molecular formula is C44H58O4. The van der Waals surface area contributed by atoms with E-state index in [2.05, 4.69) is 50.3 Å². The molecule has 48 heavy (non-hydrogen) atoms. The molecule has 3 rings (SSSR count). The third-order valence-corrected chi connectivity index (χ3v) is 8.71. The Morgan fingerprint density at radius 1 is 0.417 bits per heavy atom. The molecule has 0 aliphatic heterocycles. The van der Waals surface area contributed by atoms with E-state index in [-0.39, 0.29) is 0 Å². The van der Waals surface area contributed by atoms with Crippen LogP contribution in [-0.4, -0.2) is 25.8 Å². The minimum Gasteiger partial charge on any atom is -0.493 e. The molecule has 258 valence electrons. The van der Waals surface area contributed by atoms with Crippen LogP contribution in [0.4, 0.5) is 0 Å². The van der Waals surface area contributed by atoms with Crippen LogP contribution < -0.4 is 9.47 Å². The second-order valence-corrected chi connectivity index (χ2v) is 12.8. The molecule has 0 fully saturated rings. The fraction of sp³-hybridized carbons (Fsp3) is 0.455. The molecule has 0 amide bonds. The lowest BCUT2D eigenvalue weighted by molar-refractivity contribution is 0.111. The Hall–Kier alpha value is -3.92. The Bertz CT molecular complexity index is 1260. The van der Waals surface area contributed by atoms with Crippen LogP contribution in [0.25, 0.3) is 24.3 Å². The number of aldehydes is 2. The van der Waals surface area contributed by atoms with Crippen molar-refractivity contribution in [1.82, 2.24) is 0 Å². The molecule has 0 aliphatic rings. The molecule has 0 spiro atoms. The van der Waals surface area contributed by atoms with Gasteiger partial charge in [-0.15, -0.1) is 0 Å². The number of benzene rings is 3. The maximum absolute atomic E-state index is 11.1. The number of hydrogen-bond donors (Lipinski definition) is 0. The fourth-order valence-corrected chi connectivity index (χ4v) is 5.68. The zero-order chi connectivity index (χ0) is 34.1. The van der Waals surface area contributed by atoms with Gasteiger partial charge in [-0.25, -0.2) is 0 Å². The summed E-state index contributed by atoms with van der Waals surface area (Å²) in [5.74, 6) is 1.66. The van der Waals surface area contributed by atoms with Gasteiger partial charge in [0.15, 0.2) is 0 Å². The summed E-state index contributed by atoms with van der Waals surface area (Å²) in [4.78, 5) is 22.3. The van der Waals surface area contributed by atoms with E-state index in [1.54, 1.807) is 0 Å². The summed E-state index contributed by atoms with van der Waals surface area (Å²) in [6, 6.07) is 19.3. The maximum Gasteiger partial charge on any atom is 0.150 e. The maximum atomic E-state index is 11.1. The average molecular weight is 651 g/mol. The minimum atomic E-state index is 0.662. The summed E-state index contributed by atoms with van der Waals surface area (Å²) in [5, 5.41) is 0. The highest BCUT2D eigenvalue weighted by Gasteiger charge is 2.11. The van der Waals surface area contributed by atoms with Crippen molar-refractivity contribution in [1.29, 1.82) is 0 Å². The van der Waals surface area contributed by atoms with Crippen LogP contribution in [0.15, 0.2) is 60.7 Å². The summed E-state index contributed by atoms with van der Waals surface area (Å²) in [7, 11) is 0. The van der Waals surface area contributed by atoms with Crippen LogP contribution in [0.2, 0.25) is 0 Å². The summed E-state index contributed by atoms with van der Waals surface area (Å²) < 4.78 is 12.9. The van der Waals surface area contributed by atoms with Gasteiger partial charge >= 0.3 is 0 Å². The van der Waals surface area contributed by atoms with Gasteiger partial charge < -0.3 is 9.47 Å². The van der Waals surface area contributed by atoms with E-state index in [9.17, 15) is 9.59 Å². The standard InChI is InChI=1S/C44H58O4/c1-3-5-7-9-11-13-15-17-31-47-43-33-42(30-28-38-21-25-40(36-46)26-22-38)44(48-32-18-16-14-12-10-8-6-4-2)34-41(43)29-27-37-19-23-39(35-45)24-20-37/h19-30,33-36H,3-18,31-32H2,1-2H3/b29-27+,30-28+. The van der Waals surface area contributed by atoms with Crippen LogP contribution >= 0.6 is 0 Å². The van der Waals surface area contributed by atoms with Crippen LogP contribution in [-0.2, 0) is 0 Å². The Labute approximate surface area is 290 Å². The van der Waals surface area contributed by atoms with Crippen LogP contribution in [0, 0.1) is 0 Å². The summed E-state index contributed by atoms with van der Waals surface area (Å²) >= 11 is 0. The Balaban J connectivity index is 1.78. The smallest absolute Gasteiger partial charge is 0.150 e. The molecule has 3 aromatic rings. The van der Waals surface area contributed by atoms with E-state index in [0.717, 1.165) is 59.2 Å². The van der Waals surface area contributed by atoms with Gasteiger partial charge in [0.1, 0.15) is 24.1 Å². The zero-order valence-corrected chi connectivity index (χ0v) is 29.6. The first kappa shape index (κ1) is 38.5. The first-order valence-corrected chi connectivity index (χ1v) is 18.6. The highest BCUT2D eigenvalue weighted by Crippen LogP contribution is 2.33. The lowest BCUT2D eigenvalue weighted by Gasteiger charge is -2.16. The van der Waals surface area contributed by atoms with Crippen LogP contribution in [0.1, 0.15) is 160 Å². The molecule has 0 saturated carbocycles. The fourth-order valence-electron chi connectivity index (χ4n) is 5.68. The SMILES string of the molecule is CCCCCCCCCCOc1cc(/C=C/c2ccc(C=O)cc2)c(OCCCCCCCCCC)cc1/C=C/c1ccc(C=O)cc1. The highest BCUT2D eigenvalue weighted by molar-refractivity contribution is 5.81. The van der Waals surface area contributed by atoms with Gasteiger partial charge in [-0.1, -0.05) is 177 Å². The predicted molar refractivity (Wildman–Crippen MR) is 204 cm³/mol. The molecule has 0 atom stereocenters. The van der Waals surface area contributed by atoms with Crippen LogP contribution in [0.5, 0.6) is 11.5 Å². The lowest BCUT2D eigenvalue weighted by atomic mass is 10.0. The third-order valence-electron chi connectivity index (χ3n) is 8.71. The van der Waals surface area contributed by atoms with Crippen molar-refractivity contribution in [2.45, 2.75) is 117 Å². The molecule has 0 saturated heterocycles. The van der Waals surface area contributed by atoms with E-state index in [1.165, 1.54) is 89.9 Å². The quantitative estimate of drug-likeness (QED) is 0.0493. The van der Waals surface area contributed by atoms with Gasteiger partial charge in [-0.05, 0) is 36.1 Å². The van der Waals surface area contributed by atoms with Crippen LogP contribution in [0.3, 0.4) is 0 Å². The third kappa shape index (κ3) is 15.3. The van der Waals surface area contributed by atoms with Gasteiger partial charge in [0.25, 0.3) is 0 Å². The van der Waals surface area contributed by atoms with E-state index >= 15 is 0 Å². The van der Waals surface area contributed by atoms with Gasteiger partial charge in [0.05, 0.1) is 13.2 Å². The molecule has 3 aromatic carbocycles. The summed E-state index contributed by atoms with van der Waals surface area (Å²) in [6.45, 7) is 5.85. The van der Waals surface area contributed by atoms with Gasteiger partial charge in [0, 0.05) is 22.3 Å². The van der Waals surface area contributed by atoms with Crippen molar-refractivity contribution in [3.63, 3.8) is 0 Å². The second kappa shape index (κ2) is 24.3. The number of unbranched alkanes of at least 4 members (excludes halogenated alkanes) is 14. The van der Waals surface area contributed by atoms with E-state index in [4.69, 9.17) is 9.47 Å². The average Bonchev–Trinajstić information content (AvgIpc) is 3.12. The number of carbonyl (C=O) groups is 2. The van der Waals surface area contributed by atoms with Gasteiger partial charge in [-0.2, -0.15) is 0 Å². The number of carbonyl (C=O) groups excluding carboxylic acids is 2. The Morgan fingerprint density at radius 2 is 0.729 bits per heavy atom. The predicted octanol–water partition coefficient (Wildman–Crippen LogP) is 12.7. The second-order valence-electron chi connectivity index (χ2n) is 12.8. The van der Waals surface area contributed by atoms with Crippen molar-refractivity contribution in [2.75, 3.05) is 13.2 Å². The molecule has 4 nitrogen and oxygen atoms in total. The molecule has 0 N–H and O–H groups in total. The van der Waals surface area contributed by atoms with Crippen molar-refractivity contribution < 1.29 is 19.1 Å². The molecule has 0 bridgehead atoms.